The van der Waals surface area contributed by atoms with Crippen molar-refractivity contribution in [2.75, 3.05) is 0 Å². The minimum Gasteiger partial charge on any atom is -0.324 e. The van der Waals surface area contributed by atoms with Crippen molar-refractivity contribution in [1.29, 1.82) is 0 Å². The molecule has 17 heavy (non-hydrogen) atoms. The molecule has 0 saturated carbocycles. The molecule has 90 valence electrons. The van der Waals surface area contributed by atoms with Gasteiger partial charge in [-0.3, -0.25) is 4.68 Å². The van der Waals surface area contributed by atoms with Crippen LogP contribution in [0.3, 0.4) is 0 Å². The molecule has 0 aliphatic carbocycles. The van der Waals surface area contributed by atoms with Gasteiger partial charge in [0.15, 0.2) is 0 Å². The highest BCUT2D eigenvalue weighted by atomic mass is 79.9. The Labute approximate surface area is 110 Å². The summed E-state index contributed by atoms with van der Waals surface area (Å²) in [4.78, 5) is 0. The molecule has 0 bridgehead atoms. The maximum absolute atomic E-state index is 6.22. The van der Waals surface area contributed by atoms with Crippen LogP contribution in [0.15, 0.2) is 34.9 Å². The fourth-order valence-corrected chi connectivity index (χ4v) is 2.46. The van der Waals surface area contributed by atoms with E-state index in [9.17, 15) is 0 Å². The third-order valence-corrected chi connectivity index (χ3v) is 3.29. The summed E-state index contributed by atoms with van der Waals surface area (Å²) in [5.74, 6) is 0. The van der Waals surface area contributed by atoms with E-state index in [2.05, 4.69) is 33.2 Å². The smallest absolute Gasteiger partial charge is 0.0641 e. The van der Waals surface area contributed by atoms with Gasteiger partial charge in [-0.25, -0.2) is 0 Å². The molecular weight excluding hydrogens is 278 g/mol. The Bertz CT molecular complexity index is 519. The molecule has 0 fully saturated rings. The molecule has 2 aromatic rings. The highest BCUT2D eigenvalue weighted by Gasteiger charge is 2.12. The highest BCUT2D eigenvalue weighted by molar-refractivity contribution is 9.10. The summed E-state index contributed by atoms with van der Waals surface area (Å²) in [6, 6.07) is 8.24. The number of nitrogens with two attached hydrogens (primary N) is 1. The molecule has 1 aromatic heterocycles. The van der Waals surface area contributed by atoms with Crippen molar-refractivity contribution in [3.05, 3.63) is 51.8 Å². The van der Waals surface area contributed by atoms with E-state index in [1.165, 1.54) is 5.56 Å². The Hall–Kier alpha value is -1.13. The average Bonchev–Trinajstić information content (AvgIpc) is 2.58. The maximum atomic E-state index is 6.22. The van der Waals surface area contributed by atoms with Gasteiger partial charge < -0.3 is 5.73 Å². The Morgan fingerprint density at radius 2 is 2.24 bits per heavy atom. The second-order valence-electron chi connectivity index (χ2n) is 4.28. The number of halogens is 1. The fourth-order valence-electron chi connectivity index (χ4n) is 2.01. The normalized spacial score (nSPS) is 12.7. The van der Waals surface area contributed by atoms with Crippen LogP contribution >= 0.6 is 15.9 Å². The van der Waals surface area contributed by atoms with E-state index in [1.807, 2.05) is 37.0 Å². The predicted molar refractivity (Wildman–Crippen MR) is 72.7 cm³/mol. The van der Waals surface area contributed by atoms with Gasteiger partial charge in [0.1, 0.15) is 0 Å². The van der Waals surface area contributed by atoms with Crippen molar-refractivity contribution in [1.82, 2.24) is 9.78 Å². The lowest BCUT2D eigenvalue weighted by Crippen LogP contribution is -2.13. The van der Waals surface area contributed by atoms with E-state index in [-0.39, 0.29) is 6.04 Å². The van der Waals surface area contributed by atoms with Crippen molar-refractivity contribution in [3.8, 4) is 0 Å². The summed E-state index contributed by atoms with van der Waals surface area (Å²) in [6.07, 6.45) is 2.82. The van der Waals surface area contributed by atoms with Gasteiger partial charge >= 0.3 is 0 Å². The minimum absolute atomic E-state index is 0.00185. The van der Waals surface area contributed by atoms with Crippen molar-refractivity contribution >= 4 is 15.9 Å². The largest absolute Gasteiger partial charge is 0.324 e. The molecule has 2 rings (SSSR count). The van der Waals surface area contributed by atoms with E-state index in [0.29, 0.717) is 0 Å². The summed E-state index contributed by atoms with van der Waals surface area (Å²) in [7, 11) is 1.92. The monoisotopic (exact) mass is 293 g/mol. The Kier molecular flexibility index (Phi) is 3.64. The molecule has 0 spiro atoms. The molecule has 0 saturated heterocycles. The first-order chi connectivity index (χ1) is 8.06. The van der Waals surface area contributed by atoms with E-state index in [1.54, 1.807) is 0 Å². The van der Waals surface area contributed by atoms with Gasteiger partial charge in [-0.15, -0.1) is 0 Å². The zero-order valence-corrected chi connectivity index (χ0v) is 11.6. The second kappa shape index (κ2) is 5.02. The maximum Gasteiger partial charge on any atom is 0.0641 e. The molecule has 1 atom stereocenters. The van der Waals surface area contributed by atoms with Crippen LogP contribution in [0.2, 0.25) is 0 Å². The number of hydrogen-bond donors (Lipinski definition) is 1. The minimum atomic E-state index is -0.00185. The topological polar surface area (TPSA) is 43.8 Å². The molecule has 0 aliphatic rings. The molecule has 1 unspecified atom stereocenters. The van der Waals surface area contributed by atoms with Gasteiger partial charge in [0.05, 0.1) is 5.69 Å². The Morgan fingerprint density at radius 3 is 2.82 bits per heavy atom. The van der Waals surface area contributed by atoms with Crippen LogP contribution in [0.4, 0.5) is 0 Å². The molecule has 0 aliphatic heterocycles. The number of aryl methyl sites for hydroxylation is 2. The van der Waals surface area contributed by atoms with Gasteiger partial charge in [-0.05, 0) is 31.0 Å². The van der Waals surface area contributed by atoms with Crippen molar-refractivity contribution in [2.45, 2.75) is 19.4 Å². The molecule has 1 aromatic carbocycles. The van der Waals surface area contributed by atoms with Crippen LogP contribution in [-0.4, -0.2) is 9.78 Å². The zero-order chi connectivity index (χ0) is 12.4. The molecule has 1 heterocycles. The van der Waals surface area contributed by atoms with Gasteiger partial charge in [0.25, 0.3) is 0 Å². The van der Waals surface area contributed by atoms with Crippen molar-refractivity contribution < 1.29 is 0 Å². The second-order valence-corrected chi connectivity index (χ2v) is 5.20. The van der Waals surface area contributed by atoms with E-state index in [4.69, 9.17) is 5.73 Å². The third-order valence-electron chi connectivity index (χ3n) is 2.80. The summed E-state index contributed by atoms with van der Waals surface area (Å²) in [5.41, 5.74) is 9.58. The Balaban J connectivity index is 2.16. The first-order valence-corrected chi connectivity index (χ1v) is 6.35. The number of benzene rings is 1. The molecule has 3 nitrogen and oxygen atoms in total. The number of aromatic nitrogens is 2. The summed E-state index contributed by atoms with van der Waals surface area (Å²) in [6.45, 7) is 2.00. The number of nitrogens with zero attached hydrogens (tertiary/aromatic N) is 2. The van der Waals surface area contributed by atoms with Crippen LogP contribution in [0.5, 0.6) is 0 Å². The molecule has 4 heteroatoms. The van der Waals surface area contributed by atoms with Crippen LogP contribution in [-0.2, 0) is 13.5 Å². The number of hydrogen-bond acceptors (Lipinski definition) is 2. The quantitative estimate of drug-likeness (QED) is 0.946. The van der Waals surface area contributed by atoms with Gasteiger partial charge in [0.2, 0.25) is 0 Å². The van der Waals surface area contributed by atoms with Crippen molar-refractivity contribution in [2.24, 2.45) is 12.8 Å². The predicted octanol–water partition coefficient (Wildman–Crippen LogP) is 2.73. The molecule has 0 radical (unpaired) electrons. The summed E-state index contributed by atoms with van der Waals surface area (Å²) >= 11 is 3.47. The van der Waals surface area contributed by atoms with E-state index >= 15 is 0 Å². The highest BCUT2D eigenvalue weighted by Crippen LogP contribution is 2.20. The first-order valence-electron chi connectivity index (χ1n) is 5.56. The Morgan fingerprint density at radius 1 is 1.47 bits per heavy atom. The van der Waals surface area contributed by atoms with Crippen molar-refractivity contribution in [3.63, 3.8) is 0 Å². The lowest BCUT2D eigenvalue weighted by molar-refractivity contribution is 0.715. The fraction of sp³-hybridized carbons (Fsp3) is 0.308. The van der Waals surface area contributed by atoms with E-state index < -0.39 is 0 Å². The summed E-state index contributed by atoms with van der Waals surface area (Å²) in [5, 5.41) is 4.32. The third kappa shape index (κ3) is 2.96. The number of rotatable bonds is 3. The summed E-state index contributed by atoms with van der Waals surface area (Å²) < 4.78 is 2.90. The van der Waals surface area contributed by atoms with Gasteiger partial charge in [-0.1, -0.05) is 28.1 Å². The molecule has 0 amide bonds. The lowest BCUT2D eigenvalue weighted by atomic mass is 10.0. The zero-order valence-electron chi connectivity index (χ0n) is 10.0. The standard InChI is InChI=1S/C13H16BrN3/c1-9-12(8-17(2)16-9)13(15)7-10-4-3-5-11(14)6-10/h3-6,8,13H,7,15H2,1-2H3. The van der Waals surface area contributed by atoms with E-state index in [0.717, 1.165) is 22.2 Å². The molecule has 2 N–H and O–H groups in total. The average molecular weight is 294 g/mol. The van der Waals surface area contributed by atoms with Gasteiger partial charge in [-0.2, -0.15) is 5.10 Å². The van der Waals surface area contributed by atoms with Gasteiger partial charge in [0, 0.05) is 29.3 Å². The SMILES string of the molecule is Cc1nn(C)cc1C(N)Cc1cccc(Br)c1. The van der Waals surface area contributed by atoms with Crippen LogP contribution in [0.25, 0.3) is 0 Å². The molecular formula is C13H16BrN3. The van der Waals surface area contributed by atoms with Crippen LogP contribution < -0.4 is 5.73 Å². The van der Waals surface area contributed by atoms with Crippen LogP contribution in [0, 0.1) is 6.92 Å². The van der Waals surface area contributed by atoms with Crippen LogP contribution in [0.1, 0.15) is 22.9 Å². The lowest BCUT2D eigenvalue weighted by Gasteiger charge is -2.10. The first kappa shape index (κ1) is 12.3.